The number of guanidine groups is 1. The lowest BCUT2D eigenvalue weighted by molar-refractivity contribution is 0.0264. The summed E-state index contributed by atoms with van der Waals surface area (Å²) in [5.41, 5.74) is -0.459. The molecular weight excluding hydrogens is 395 g/mol. The Morgan fingerprint density at radius 3 is 2.41 bits per heavy atom. The van der Waals surface area contributed by atoms with Crippen molar-refractivity contribution in [1.82, 2.24) is 15.5 Å². The van der Waals surface area contributed by atoms with E-state index in [1.807, 2.05) is 27.7 Å². The van der Waals surface area contributed by atoms with Gasteiger partial charge in [0.15, 0.2) is 5.96 Å². The van der Waals surface area contributed by atoms with E-state index in [9.17, 15) is 4.79 Å². The van der Waals surface area contributed by atoms with E-state index >= 15 is 0 Å². The Morgan fingerprint density at radius 1 is 1.32 bits per heavy atom. The summed E-state index contributed by atoms with van der Waals surface area (Å²) < 4.78 is 5.38. The molecule has 1 amide bonds. The van der Waals surface area contributed by atoms with Gasteiger partial charge in [-0.3, -0.25) is 4.99 Å². The molecule has 0 radical (unpaired) electrons. The minimum atomic E-state index is -0.459. The van der Waals surface area contributed by atoms with E-state index in [-0.39, 0.29) is 30.1 Å². The first-order chi connectivity index (χ1) is 9.85. The summed E-state index contributed by atoms with van der Waals surface area (Å²) in [4.78, 5) is 17.8. The summed E-state index contributed by atoms with van der Waals surface area (Å²) in [6.45, 7) is 10.4. The molecule has 6 nitrogen and oxygen atoms in total. The van der Waals surface area contributed by atoms with Crippen LogP contribution in [0.15, 0.2) is 4.99 Å². The topological polar surface area (TPSA) is 66.0 Å². The molecule has 0 unspecified atom stereocenters. The van der Waals surface area contributed by atoms with Crippen LogP contribution >= 0.6 is 24.0 Å². The van der Waals surface area contributed by atoms with E-state index in [1.165, 1.54) is 12.8 Å². The standard InChI is InChI=1S/C15H30N4O2.HI/c1-6-19(14(20)21-15(2,3)4)10-9-17-13(16-5)18-11-12-7-8-12;/h12H,6-11H2,1-5H3,(H2,16,17,18);1H. The summed E-state index contributed by atoms with van der Waals surface area (Å²) in [7, 11) is 1.76. The maximum Gasteiger partial charge on any atom is 0.410 e. The third-order valence-corrected chi connectivity index (χ3v) is 3.19. The van der Waals surface area contributed by atoms with Gasteiger partial charge in [-0.25, -0.2) is 4.79 Å². The highest BCUT2D eigenvalue weighted by Crippen LogP contribution is 2.27. The molecule has 0 aromatic carbocycles. The fourth-order valence-corrected chi connectivity index (χ4v) is 1.80. The summed E-state index contributed by atoms with van der Waals surface area (Å²) in [6, 6.07) is 0. The number of carbonyl (C=O) groups excluding carboxylic acids is 1. The fourth-order valence-electron chi connectivity index (χ4n) is 1.80. The molecule has 7 heteroatoms. The number of halogens is 1. The zero-order valence-electron chi connectivity index (χ0n) is 14.4. The van der Waals surface area contributed by atoms with Gasteiger partial charge in [0.1, 0.15) is 5.60 Å². The number of rotatable bonds is 6. The predicted octanol–water partition coefficient (Wildman–Crippen LogP) is 2.44. The second-order valence-electron chi connectivity index (χ2n) is 6.38. The van der Waals surface area contributed by atoms with E-state index < -0.39 is 5.60 Å². The van der Waals surface area contributed by atoms with Crippen LogP contribution < -0.4 is 10.6 Å². The maximum absolute atomic E-state index is 12.0. The maximum atomic E-state index is 12.0. The lowest BCUT2D eigenvalue weighted by Gasteiger charge is -2.26. The number of nitrogens with zero attached hydrogens (tertiary/aromatic N) is 2. The normalized spacial score (nSPS) is 14.9. The van der Waals surface area contributed by atoms with Gasteiger partial charge < -0.3 is 20.3 Å². The Balaban J connectivity index is 0.00000441. The zero-order chi connectivity index (χ0) is 15.9. The van der Waals surface area contributed by atoms with Crippen molar-refractivity contribution < 1.29 is 9.53 Å². The molecule has 1 rings (SSSR count). The lowest BCUT2D eigenvalue weighted by Crippen LogP contribution is -2.44. The van der Waals surface area contributed by atoms with Gasteiger partial charge in [-0.05, 0) is 46.5 Å². The van der Waals surface area contributed by atoms with Crippen molar-refractivity contribution in [3.05, 3.63) is 0 Å². The van der Waals surface area contributed by atoms with Gasteiger partial charge in [0.05, 0.1) is 0 Å². The molecule has 0 aliphatic heterocycles. The summed E-state index contributed by atoms with van der Waals surface area (Å²) in [5, 5.41) is 6.52. The molecule has 0 spiro atoms. The summed E-state index contributed by atoms with van der Waals surface area (Å²) >= 11 is 0. The van der Waals surface area contributed by atoms with E-state index in [4.69, 9.17) is 4.74 Å². The monoisotopic (exact) mass is 426 g/mol. The number of carbonyl (C=O) groups is 1. The Morgan fingerprint density at radius 2 is 1.95 bits per heavy atom. The number of aliphatic imine (C=N–C) groups is 1. The molecule has 0 aromatic rings. The number of hydrogen-bond donors (Lipinski definition) is 2. The molecule has 1 fully saturated rings. The van der Waals surface area contributed by atoms with Crippen molar-refractivity contribution in [1.29, 1.82) is 0 Å². The Bertz CT molecular complexity index is 365. The van der Waals surface area contributed by atoms with E-state index in [0.29, 0.717) is 19.6 Å². The van der Waals surface area contributed by atoms with Crippen LogP contribution in [0.2, 0.25) is 0 Å². The molecule has 0 heterocycles. The molecule has 1 aliphatic rings. The quantitative estimate of drug-likeness (QED) is 0.389. The number of likely N-dealkylation sites (N-methyl/N-ethyl adjacent to an activating group) is 1. The molecule has 1 aliphatic carbocycles. The third kappa shape index (κ3) is 9.32. The second-order valence-corrected chi connectivity index (χ2v) is 6.38. The predicted molar refractivity (Wildman–Crippen MR) is 101 cm³/mol. The molecule has 0 atom stereocenters. The van der Waals surface area contributed by atoms with Crippen molar-refractivity contribution in [2.24, 2.45) is 10.9 Å². The highest BCUT2D eigenvalue weighted by molar-refractivity contribution is 14.0. The first-order valence-corrected chi connectivity index (χ1v) is 7.78. The smallest absolute Gasteiger partial charge is 0.410 e. The molecule has 1 saturated carbocycles. The number of ether oxygens (including phenoxy) is 1. The van der Waals surface area contributed by atoms with Crippen molar-refractivity contribution >= 4 is 36.0 Å². The fraction of sp³-hybridized carbons (Fsp3) is 0.867. The zero-order valence-corrected chi connectivity index (χ0v) is 16.8. The summed E-state index contributed by atoms with van der Waals surface area (Å²) in [5.74, 6) is 1.60. The third-order valence-electron chi connectivity index (χ3n) is 3.19. The molecule has 0 bridgehead atoms. The average molecular weight is 426 g/mol. The minimum Gasteiger partial charge on any atom is -0.444 e. The van der Waals surface area contributed by atoms with Crippen LogP contribution in [0, 0.1) is 5.92 Å². The second kappa shape index (κ2) is 10.1. The van der Waals surface area contributed by atoms with E-state index in [1.54, 1.807) is 11.9 Å². The molecule has 0 aromatic heterocycles. The van der Waals surface area contributed by atoms with Gasteiger partial charge in [-0.15, -0.1) is 24.0 Å². The van der Waals surface area contributed by atoms with Crippen LogP contribution in [0.25, 0.3) is 0 Å². The first-order valence-electron chi connectivity index (χ1n) is 7.78. The van der Waals surface area contributed by atoms with Gasteiger partial charge in [-0.1, -0.05) is 0 Å². The highest BCUT2D eigenvalue weighted by Gasteiger charge is 2.22. The van der Waals surface area contributed by atoms with Crippen LogP contribution in [0.4, 0.5) is 4.79 Å². The van der Waals surface area contributed by atoms with Crippen molar-refractivity contribution in [3.8, 4) is 0 Å². The van der Waals surface area contributed by atoms with Gasteiger partial charge >= 0.3 is 6.09 Å². The lowest BCUT2D eigenvalue weighted by atomic mass is 10.2. The molecule has 2 N–H and O–H groups in total. The van der Waals surface area contributed by atoms with Gasteiger partial charge in [0.25, 0.3) is 0 Å². The van der Waals surface area contributed by atoms with Crippen molar-refractivity contribution in [3.63, 3.8) is 0 Å². The average Bonchev–Trinajstić information content (AvgIpc) is 3.20. The molecule has 130 valence electrons. The van der Waals surface area contributed by atoms with Gasteiger partial charge in [-0.2, -0.15) is 0 Å². The molecule has 22 heavy (non-hydrogen) atoms. The Kier molecular flexibility index (Phi) is 9.79. The first kappa shape index (κ1) is 21.3. The highest BCUT2D eigenvalue weighted by atomic mass is 127. The van der Waals surface area contributed by atoms with Crippen LogP contribution in [-0.2, 0) is 4.74 Å². The van der Waals surface area contributed by atoms with Crippen LogP contribution in [0.3, 0.4) is 0 Å². The van der Waals surface area contributed by atoms with Gasteiger partial charge in [0.2, 0.25) is 0 Å². The summed E-state index contributed by atoms with van der Waals surface area (Å²) in [6.07, 6.45) is 2.35. The van der Waals surface area contributed by atoms with Gasteiger partial charge in [0, 0.05) is 33.2 Å². The minimum absolute atomic E-state index is 0. The molecule has 0 saturated heterocycles. The van der Waals surface area contributed by atoms with Crippen LogP contribution in [-0.4, -0.2) is 55.8 Å². The SMILES string of the molecule is CCN(CCNC(=NC)NCC1CC1)C(=O)OC(C)(C)C.I. The van der Waals surface area contributed by atoms with E-state index in [2.05, 4.69) is 15.6 Å². The van der Waals surface area contributed by atoms with Crippen LogP contribution in [0.1, 0.15) is 40.5 Å². The number of nitrogens with one attached hydrogen (secondary N) is 2. The van der Waals surface area contributed by atoms with Crippen molar-refractivity contribution in [2.45, 2.75) is 46.1 Å². The van der Waals surface area contributed by atoms with Crippen LogP contribution in [0.5, 0.6) is 0 Å². The Labute approximate surface area is 151 Å². The van der Waals surface area contributed by atoms with E-state index in [0.717, 1.165) is 18.4 Å². The Hall–Kier alpha value is -0.730. The molecular formula is C15H31IN4O2. The number of amides is 1. The number of hydrogen-bond acceptors (Lipinski definition) is 3. The van der Waals surface area contributed by atoms with Crippen molar-refractivity contribution in [2.75, 3.05) is 33.2 Å². The largest absolute Gasteiger partial charge is 0.444 e.